The van der Waals surface area contributed by atoms with Gasteiger partial charge in [-0.3, -0.25) is 0 Å². The number of rotatable bonds is 12. The molecule has 3 heterocycles. The zero-order valence-corrected chi connectivity index (χ0v) is 23.6. The molecule has 0 nitrogen and oxygen atoms in total. The van der Waals surface area contributed by atoms with Gasteiger partial charge in [0, 0.05) is 0 Å². The van der Waals surface area contributed by atoms with E-state index >= 15 is 0 Å². The molecular weight excluding hydrogens is 517 g/mol. The van der Waals surface area contributed by atoms with E-state index in [0.29, 0.717) is 0 Å². The highest BCUT2D eigenvalue weighted by Gasteiger charge is 2.30. The van der Waals surface area contributed by atoms with Crippen LogP contribution in [0.25, 0.3) is 0 Å². The van der Waals surface area contributed by atoms with Crippen LogP contribution >= 0.6 is 105 Å². The second kappa shape index (κ2) is 13.4. The van der Waals surface area contributed by atoms with Gasteiger partial charge in [-0.05, 0) is 24.3 Å². The Morgan fingerprint density at radius 1 is 0.643 bits per heavy atom. The Hall–Kier alpha value is 1.85. The van der Waals surface area contributed by atoms with Gasteiger partial charge in [0.05, 0.1) is 25.4 Å². The summed E-state index contributed by atoms with van der Waals surface area (Å²) < 4.78 is 10.0. The highest BCUT2D eigenvalue weighted by atomic mass is 32.3. The molecule has 0 aliphatic carbocycles. The van der Waals surface area contributed by atoms with Crippen molar-refractivity contribution in [2.75, 3.05) is 11.5 Å². The van der Waals surface area contributed by atoms with Crippen molar-refractivity contribution in [3.63, 3.8) is 0 Å². The summed E-state index contributed by atoms with van der Waals surface area (Å²) in [6, 6.07) is 0. The lowest BCUT2D eigenvalue weighted by molar-refractivity contribution is 0.707. The van der Waals surface area contributed by atoms with Crippen molar-refractivity contribution >= 4 is 105 Å². The third-order valence-corrected chi connectivity index (χ3v) is 16.0. The van der Waals surface area contributed by atoms with E-state index in [4.69, 9.17) is 12.2 Å². The minimum Gasteiger partial charge on any atom is -0.117 e. The van der Waals surface area contributed by atoms with Crippen LogP contribution in [0, 0.1) is 3.14 Å². The molecule has 0 spiro atoms. The number of hydrogen-bond acceptors (Lipinski definition) is 9. The standard InChI is InChI=1S/C19H26S9/c1-3-5-7-9-11-21-13-14(22-12-10-8-6-4-2)24-15(23-13)16-25-17-18(26-16)28-19(20)27-17/h3-12H2,1-2H3. The first kappa shape index (κ1) is 24.5. The van der Waals surface area contributed by atoms with Crippen molar-refractivity contribution in [3.8, 4) is 0 Å². The van der Waals surface area contributed by atoms with Crippen molar-refractivity contribution in [1.29, 1.82) is 0 Å². The van der Waals surface area contributed by atoms with Crippen LogP contribution in [-0.2, 0) is 0 Å². The lowest BCUT2D eigenvalue weighted by Crippen LogP contribution is -1.83. The molecule has 0 N–H and O–H groups in total. The third-order valence-electron chi connectivity index (χ3n) is 4.06. The first-order valence-corrected chi connectivity index (χ1v) is 17.1. The topological polar surface area (TPSA) is 0 Å². The minimum atomic E-state index is 1.06. The van der Waals surface area contributed by atoms with Gasteiger partial charge in [0.2, 0.25) is 0 Å². The Bertz CT molecular complexity index is 699. The Morgan fingerprint density at radius 3 is 1.57 bits per heavy atom. The molecule has 2 aliphatic heterocycles. The predicted octanol–water partition coefficient (Wildman–Crippen LogP) is 11.1. The van der Waals surface area contributed by atoms with Crippen LogP contribution in [0.15, 0.2) is 25.4 Å². The summed E-state index contributed by atoms with van der Waals surface area (Å²) in [5.41, 5.74) is 0. The average Bonchev–Trinajstić information content (AvgIpc) is 3.34. The van der Waals surface area contributed by atoms with E-state index in [-0.39, 0.29) is 0 Å². The molecule has 0 aromatic carbocycles. The largest absolute Gasteiger partial charge is 0.145 e. The zero-order valence-electron chi connectivity index (χ0n) is 16.2. The van der Waals surface area contributed by atoms with E-state index in [9.17, 15) is 0 Å². The Kier molecular flexibility index (Phi) is 11.7. The Morgan fingerprint density at radius 2 is 1.11 bits per heavy atom. The maximum atomic E-state index is 5.36. The second-order valence-electron chi connectivity index (χ2n) is 6.41. The van der Waals surface area contributed by atoms with Gasteiger partial charge in [0.25, 0.3) is 0 Å². The second-order valence-corrected chi connectivity index (χ2v) is 17.5. The van der Waals surface area contributed by atoms with E-state index in [1.54, 1.807) is 31.1 Å². The van der Waals surface area contributed by atoms with Gasteiger partial charge < -0.3 is 0 Å². The summed E-state index contributed by atoms with van der Waals surface area (Å²) in [6.45, 7) is 4.58. The first-order valence-electron chi connectivity index (χ1n) is 9.80. The molecule has 2 aliphatic rings. The average molecular weight is 543 g/mol. The van der Waals surface area contributed by atoms with Gasteiger partial charge in [-0.1, -0.05) is 112 Å². The maximum absolute atomic E-state index is 5.36. The fourth-order valence-corrected chi connectivity index (χ4v) is 15.5. The molecule has 0 saturated heterocycles. The molecular formula is C19H26S9. The number of fused-ring (bicyclic) bond motifs is 1. The van der Waals surface area contributed by atoms with Crippen LogP contribution in [0.2, 0.25) is 0 Å². The monoisotopic (exact) mass is 542 g/mol. The highest BCUT2D eigenvalue weighted by Crippen LogP contribution is 2.65. The quantitative estimate of drug-likeness (QED) is 0.188. The lowest BCUT2D eigenvalue weighted by Gasteiger charge is -2.05. The molecule has 0 bridgehead atoms. The van der Waals surface area contributed by atoms with Crippen molar-refractivity contribution in [3.05, 3.63) is 20.1 Å². The van der Waals surface area contributed by atoms with E-state index in [1.165, 1.54) is 79.8 Å². The van der Waals surface area contributed by atoms with Gasteiger partial charge in [-0.15, -0.1) is 46.2 Å². The lowest BCUT2D eigenvalue weighted by atomic mass is 10.2. The van der Waals surface area contributed by atoms with Crippen LogP contribution in [-0.4, -0.2) is 11.5 Å². The third kappa shape index (κ3) is 7.47. The summed E-state index contributed by atoms with van der Waals surface area (Å²) >= 11 is 21.1. The molecule has 0 fully saturated rings. The zero-order chi connectivity index (χ0) is 19.8. The van der Waals surface area contributed by atoms with Crippen molar-refractivity contribution < 1.29 is 0 Å². The molecule has 0 saturated carbocycles. The highest BCUT2D eigenvalue weighted by molar-refractivity contribution is 8.42. The van der Waals surface area contributed by atoms with Crippen molar-refractivity contribution in [2.45, 2.75) is 73.6 Å². The van der Waals surface area contributed by atoms with Crippen LogP contribution in [0.1, 0.15) is 65.2 Å². The van der Waals surface area contributed by atoms with Crippen LogP contribution in [0.5, 0.6) is 0 Å². The number of hydrogen-bond donors (Lipinski definition) is 0. The summed E-state index contributed by atoms with van der Waals surface area (Å²) in [6.07, 6.45) is 10.8. The molecule has 28 heavy (non-hydrogen) atoms. The fourth-order valence-electron chi connectivity index (χ4n) is 2.57. The smallest absolute Gasteiger partial charge is 0.117 e. The molecule has 1 aromatic heterocycles. The molecule has 0 atom stereocenters. The van der Waals surface area contributed by atoms with Crippen LogP contribution in [0.4, 0.5) is 0 Å². The van der Waals surface area contributed by atoms with Crippen LogP contribution < -0.4 is 0 Å². The minimum absolute atomic E-state index is 1.06. The summed E-state index contributed by atoms with van der Waals surface area (Å²) in [7, 11) is 0. The number of unbranched alkanes of at least 4 members (excludes halogenated alkanes) is 6. The molecule has 1 aromatic rings. The van der Waals surface area contributed by atoms with Gasteiger partial charge in [0.1, 0.15) is 3.14 Å². The molecule has 0 unspecified atom stereocenters. The van der Waals surface area contributed by atoms with E-state index in [2.05, 4.69) is 37.4 Å². The van der Waals surface area contributed by atoms with Crippen molar-refractivity contribution in [1.82, 2.24) is 0 Å². The normalized spacial score (nSPS) is 16.5. The molecule has 3 rings (SSSR count). The van der Waals surface area contributed by atoms with E-state index < -0.39 is 0 Å². The van der Waals surface area contributed by atoms with E-state index in [0.717, 1.165) is 3.14 Å². The Balaban J connectivity index is 1.58. The number of thioether (sulfide) groups is 6. The summed E-state index contributed by atoms with van der Waals surface area (Å²) in [5.74, 6) is 2.53. The van der Waals surface area contributed by atoms with Crippen LogP contribution in [0.3, 0.4) is 0 Å². The predicted molar refractivity (Wildman–Crippen MR) is 147 cm³/mol. The summed E-state index contributed by atoms with van der Waals surface area (Å²) in [4.78, 5) is 0. The maximum Gasteiger partial charge on any atom is 0.145 e. The molecule has 9 heteroatoms. The summed E-state index contributed by atoms with van der Waals surface area (Å²) in [5, 5.41) is 0. The van der Waals surface area contributed by atoms with Gasteiger partial charge >= 0.3 is 0 Å². The fraction of sp³-hybridized carbons (Fsp3) is 0.632. The van der Waals surface area contributed by atoms with E-state index in [1.807, 2.05) is 47.0 Å². The van der Waals surface area contributed by atoms with Gasteiger partial charge in [-0.25, -0.2) is 0 Å². The first-order chi connectivity index (χ1) is 13.7. The molecule has 0 radical (unpaired) electrons. The molecule has 0 amide bonds. The van der Waals surface area contributed by atoms with Gasteiger partial charge in [-0.2, -0.15) is 0 Å². The molecule has 156 valence electrons. The SMILES string of the molecule is CCCCCCSC1=C(SCCCCCC)SC(=C2Sc3sc(=S)sc3S2)S1. The van der Waals surface area contributed by atoms with Crippen molar-refractivity contribution in [2.24, 2.45) is 0 Å². The Labute approximate surface area is 208 Å². The van der Waals surface area contributed by atoms with Gasteiger partial charge in [0.15, 0.2) is 0 Å².